The molecule has 41 heavy (non-hydrogen) atoms. The number of rotatable bonds is 6. The fraction of sp³-hybridized carbons (Fsp3) is 0.0811. The van der Waals surface area contributed by atoms with Gasteiger partial charge in [-0.2, -0.15) is 0 Å². The predicted molar refractivity (Wildman–Crippen MR) is 166 cm³/mol. The summed E-state index contributed by atoms with van der Waals surface area (Å²) in [6.07, 6.45) is 6.58. The molecular weight excluding hydrogens is 504 g/mol. The molecule has 7 rings (SSSR count). The van der Waals surface area contributed by atoms with Crippen molar-refractivity contribution in [1.82, 2.24) is 0 Å². The molecule has 0 bridgehead atoms. The molecule has 0 aromatic heterocycles. The third-order valence-corrected chi connectivity index (χ3v) is 8.09. The van der Waals surface area contributed by atoms with Crippen LogP contribution in [0, 0.1) is 0 Å². The molecule has 0 aliphatic heterocycles. The van der Waals surface area contributed by atoms with Gasteiger partial charge in [-0.3, -0.25) is 0 Å². The first kappa shape index (κ1) is 24.8. The van der Waals surface area contributed by atoms with Crippen LogP contribution in [0.15, 0.2) is 139 Å². The SMILES string of the molecule is Nc1ccc(Oc2ccc(C3(c4ccc(Oc5ccc(N)cc5)cc4)C=CC4=C(Cc5ccccc54)C3)cc2)cc1. The molecule has 0 fully saturated rings. The van der Waals surface area contributed by atoms with Crippen LogP contribution in [0.5, 0.6) is 23.0 Å². The van der Waals surface area contributed by atoms with Crippen LogP contribution in [0.2, 0.25) is 0 Å². The fourth-order valence-corrected chi connectivity index (χ4v) is 5.99. The van der Waals surface area contributed by atoms with Gasteiger partial charge in [0.15, 0.2) is 0 Å². The van der Waals surface area contributed by atoms with E-state index < -0.39 is 0 Å². The van der Waals surface area contributed by atoms with Crippen molar-refractivity contribution in [1.29, 1.82) is 0 Å². The van der Waals surface area contributed by atoms with Crippen LogP contribution in [-0.4, -0.2) is 0 Å². The number of ether oxygens (including phenoxy) is 2. The molecule has 0 radical (unpaired) electrons. The van der Waals surface area contributed by atoms with Crippen LogP contribution >= 0.6 is 0 Å². The molecule has 0 heterocycles. The van der Waals surface area contributed by atoms with E-state index in [-0.39, 0.29) is 5.41 Å². The first-order valence-corrected chi connectivity index (χ1v) is 13.8. The van der Waals surface area contributed by atoms with E-state index in [0.717, 1.165) is 35.8 Å². The van der Waals surface area contributed by atoms with Crippen LogP contribution in [0.1, 0.15) is 28.7 Å². The summed E-state index contributed by atoms with van der Waals surface area (Å²) in [4.78, 5) is 0. The molecule has 4 N–H and O–H groups in total. The lowest BCUT2D eigenvalue weighted by atomic mass is 9.67. The molecule has 2 aliphatic carbocycles. The highest BCUT2D eigenvalue weighted by molar-refractivity contribution is 5.85. The third kappa shape index (κ3) is 4.74. The minimum atomic E-state index is -0.319. The highest BCUT2D eigenvalue weighted by atomic mass is 16.5. The van der Waals surface area contributed by atoms with Crippen molar-refractivity contribution in [3.8, 4) is 23.0 Å². The van der Waals surface area contributed by atoms with Gasteiger partial charge >= 0.3 is 0 Å². The summed E-state index contributed by atoms with van der Waals surface area (Å²) in [6, 6.07) is 40.6. The maximum Gasteiger partial charge on any atom is 0.127 e. The van der Waals surface area contributed by atoms with Gasteiger partial charge in [-0.25, -0.2) is 0 Å². The topological polar surface area (TPSA) is 70.5 Å². The van der Waals surface area contributed by atoms with Crippen molar-refractivity contribution >= 4 is 16.9 Å². The molecule has 0 atom stereocenters. The van der Waals surface area contributed by atoms with Crippen molar-refractivity contribution in [2.24, 2.45) is 0 Å². The van der Waals surface area contributed by atoms with Crippen molar-refractivity contribution in [2.45, 2.75) is 18.3 Å². The van der Waals surface area contributed by atoms with Crippen LogP contribution in [-0.2, 0) is 11.8 Å². The van der Waals surface area contributed by atoms with Gasteiger partial charge in [-0.15, -0.1) is 0 Å². The highest BCUT2D eigenvalue weighted by Gasteiger charge is 2.38. The molecule has 4 heteroatoms. The molecule has 5 aromatic carbocycles. The standard InChI is InChI=1S/C37H30N2O2/c38-29-9-17-33(18-10-29)40-31-13-5-27(6-14-31)37(22-21-36-26(24-37)23-25-3-1-2-4-35(25)36)28-7-15-32(16-8-28)41-34-19-11-30(39)12-20-34/h1-22H,23-24,38-39H2. The highest BCUT2D eigenvalue weighted by Crippen LogP contribution is 2.49. The molecular formula is C37H30N2O2. The van der Waals surface area contributed by atoms with Crippen LogP contribution in [0.3, 0.4) is 0 Å². The Morgan fingerprint density at radius 3 is 1.51 bits per heavy atom. The summed E-state index contributed by atoms with van der Waals surface area (Å²) in [5.41, 5.74) is 20.8. The summed E-state index contributed by atoms with van der Waals surface area (Å²) >= 11 is 0. The lowest BCUT2D eigenvalue weighted by Gasteiger charge is -2.36. The third-order valence-electron chi connectivity index (χ3n) is 8.09. The van der Waals surface area contributed by atoms with E-state index in [9.17, 15) is 0 Å². The number of fused-ring (bicyclic) bond motifs is 2. The number of hydrogen-bond acceptors (Lipinski definition) is 4. The van der Waals surface area contributed by atoms with E-state index in [1.54, 1.807) is 0 Å². The monoisotopic (exact) mass is 534 g/mol. The van der Waals surface area contributed by atoms with E-state index in [0.29, 0.717) is 11.4 Å². The number of hydrogen-bond donors (Lipinski definition) is 2. The van der Waals surface area contributed by atoms with Gasteiger partial charge in [0.2, 0.25) is 0 Å². The average Bonchev–Trinajstić information content (AvgIpc) is 3.38. The van der Waals surface area contributed by atoms with Gasteiger partial charge in [0.25, 0.3) is 0 Å². The zero-order valence-electron chi connectivity index (χ0n) is 22.6. The Labute approximate surface area is 240 Å². The molecule has 0 amide bonds. The van der Waals surface area contributed by atoms with Gasteiger partial charge in [0, 0.05) is 16.8 Å². The number of benzene rings is 5. The van der Waals surface area contributed by atoms with E-state index in [2.05, 4.69) is 60.7 Å². The van der Waals surface area contributed by atoms with Gasteiger partial charge in [-0.05, 0) is 113 Å². The van der Waals surface area contributed by atoms with E-state index in [1.165, 1.54) is 33.4 Å². The smallest absolute Gasteiger partial charge is 0.127 e. The Morgan fingerprint density at radius 2 is 1.00 bits per heavy atom. The molecule has 0 unspecified atom stereocenters. The van der Waals surface area contributed by atoms with E-state index in [1.807, 2.05) is 72.8 Å². The largest absolute Gasteiger partial charge is 0.457 e. The summed E-state index contributed by atoms with van der Waals surface area (Å²) < 4.78 is 12.2. The maximum absolute atomic E-state index is 6.10. The quantitative estimate of drug-likeness (QED) is 0.214. The molecule has 200 valence electrons. The number of anilines is 2. The Bertz CT molecular complexity index is 1670. The second-order valence-corrected chi connectivity index (χ2v) is 10.7. The molecule has 0 spiro atoms. The first-order valence-electron chi connectivity index (χ1n) is 13.8. The Balaban J connectivity index is 1.22. The minimum Gasteiger partial charge on any atom is -0.457 e. The van der Waals surface area contributed by atoms with Crippen molar-refractivity contribution in [3.63, 3.8) is 0 Å². The average molecular weight is 535 g/mol. The summed E-state index contributed by atoms with van der Waals surface area (Å²) in [7, 11) is 0. The molecule has 2 aliphatic rings. The van der Waals surface area contributed by atoms with Crippen LogP contribution < -0.4 is 20.9 Å². The van der Waals surface area contributed by atoms with Crippen molar-refractivity contribution < 1.29 is 9.47 Å². The molecule has 4 nitrogen and oxygen atoms in total. The Hall–Kier alpha value is -5.22. The minimum absolute atomic E-state index is 0.319. The van der Waals surface area contributed by atoms with Crippen LogP contribution in [0.25, 0.3) is 5.57 Å². The maximum atomic E-state index is 6.10. The lowest BCUT2D eigenvalue weighted by Crippen LogP contribution is -2.28. The fourth-order valence-electron chi connectivity index (χ4n) is 5.99. The van der Waals surface area contributed by atoms with Crippen LogP contribution in [0.4, 0.5) is 11.4 Å². The number of nitrogen functional groups attached to an aromatic ring is 2. The van der Waals surface area contributed by atoms with Gasteiger partial charge in [0.05, 0.1) is 0 Å². The Kier molecular flexibility index (Phi) is 6.09. The molecule has 0 saturated carbocycles. The first-order chi connectivity index (χ1) is 20.1. The normalized spacial score (nSPS) is 14.8. The summed E-state index contributed by atoms with van der Waals surface area (Å²) in [5.74, 6) is 3.09. The number of allylic oxidation sites excluding steroid dienone is 4. The second kappa shape index (κ2) is 10.1. The van der Waals surface area contributed by atoms with Gasteiger partial charge in [0.1, 0.15) is 23.0 Å². The van der Waals surface area contributed by atoms with E-state index >= 15 is 0 Å². The van der Waals surface area contributed by atoms with Crippen molar-refractivity contribution in [2.75, 3.05) is 11.5 Å². The molecule has 5 aromatic rings. The summed E-state index contributed by atoms with van der Waals surface area (Å²) in [6.45, 7) is 0. The summed E-state index contributed by atoms with van der Waals surface area (Å²) in [5, 5.41) is 0. The van der Waals surface area contributed by atoms with Gasteiger partial charge in [-0.1, -0.05) is 66.3 Å². The zero-order valence-corrected chi connectivity index (χ0v) is 22.6. The van der Waals surface area contributed by atoms with E-state index in [4.69, 9.17) is 20.9 Å². The predicted octanol–water partition coefficient (Wildman–Crippen LogP) is 8.69. The van der Waals surface area contributed by atoms with Crippen molar-refractivity contribution in [3.05, 3.63) is 161 Å². The second-order valence-electron chi connectivity index (χ2n) is 10.7. The Morgan fingerprint density at radius 1 is 0.537 bits per heavy atom. The number of nitrogens with two attached hydrogens (primary N) is 2. The zero-order chi connectivity index (χ0) is 27.8. The van der Waals surface area contributed by atoms with Gasteiger partial charge < -0.3 is 20.9 Å². The molecule has 0 saturated heterocycles. The lowest BCUT2D eigenvalue weighted by molar-refractivity contribution is 0.481.